The van der Waals surface area contributed by atoms with Crippen LogP contribution in [0.3, 0.4) is 0 Å². The van der Waals surface area contributed by atoms with Crippen molar-refractivity contribution in [3.05, 3.63) is 54.4 Å². The Kier molecular flexibility index (Phi) is 4.97. The molecule has 1 aromatic heterocycles. The van der Waals surface area contributed by atoms with Crippen LogP contribution >= 0.6 is 0 Å². The molecule has 6 heteroatoms. The van der Waals surface area contributed by atoms with E-state index in [1.807, 2.05) is 55.4 Å². The largest absolute Gasteiger partial charge is 0.378 e. The smallest absolute Gasteiger partial charge is 0.228 e. The molecule has 0 aliphatic heterocycles. The molecule has 3 rings (SSSR count). The van der Waals surface area contributed by atoms with Gasteiger partial charge in [0.1, 0.15) is 0 Å². The number of anilines is 2. The van der Waals surface area contributed by atoms with Gasteiger partial charge in [0.15, 0.2) is 0 Å². The van der Waals surface area contributed by atoms with E-state index in [0.717, 1.165) is 16.9 Å². The number of amides is 2. The average molecular weight is 338 g/mol. The van der Waals surface area contributed by atoms with Gasteiger partial charge in [-0.15, -0.1) is 0 Å². The van der Waals surface area contributed by atoms with Crippen molar-refractivity contribution in [2.45, 2.75) is 13.0 Å². The molecule has 2 atom stereocenters. The van der Waals surface area contributed by atoms with Crippen LogP contribution in [0.1, 0.15) is 12.0 Å². The fourth-order valence-corrected chi connectivity index (χ4v) is 2.68. The minimum absolute atomic E-state index is 0.0769. The number of carbonyl (C=O) groups is 2. The summed E-state index contributed by atoms with van der Waals surface area (Å²) in [4.78, 5) is 30.4. The Morgan fingerprint density at radius 2 is 1.84 bits per heavy atom. The topological polar surface area (TPSA) is 74.3 Å². The third-order valence-electron chi connectivity index (χ3n) is 4.30. The van der Waals surface area contributed by atoms with Crippen molar-refractivity contribution in [1.29, 1.82) is 0 Å². The van der Waals surface area contributed by atoms with E-state index in [-0.39, 0.29) is 23.7 Å². The summed E-state index contributed by atoms with van der Waals surface area (Å²) in [6, 6.07) is 11.4. The summed E-state index contributed by atoms with van der Waals surface area (Å²) in [6.07, 6.45) is 4.01. The van der Waals surface area contributed by atoms with Crippen molar-refractivity contribution in [3.8, 4) is 0 Å². The average Bonchev–Trinajstić information content (AvgIpc) is 3.42. The number of nitrogens with zero attached hydrogens (tertiary/aromatic N) is 2. The molecule has 0 saturated heterocycles. The Morgan fingerprint density at radius 3 is 2.48 bits per heavy atom. The predicted molar refractivity (Wildman–Crippen MR) is 97.1 cm³/mol. The van der Waals surface area contributed by atoms with Gasteiger partial charge in [-0.2, -0.15) is 0 Å². The van der Waals surface area contributed by atoms with Gasteiger partial charge < -0.3 is 15.5 Å². The van der Waals surface area contributed by atoms with E-state index in [0.29, 0.717) is 13.0 Å². The highest BCUT2D eigenvalue weighted by molar-refractivity contribution is 5.99. The first kappa shape index (κ1) is 17.0. The summed E-state index contributed by atoms with van der Waals surface area (Å²) in [5.74, 6) is -0.661. The van der Waals surface area contributed by atoms with Crippen LogP contribution in [0.4, 0.5) is 11.4 Å². The zero-order chi connectivity index (χ0) is 17.8. The summed E-state index contributed by atoms with van der Waals surface area (Å²) in [7, 11) is 3.93. The molecule has 1 aliphatic carbocycles. The molecule has 2 N–H and O–H groups in total. The van der Waals surface area contributed by atoms with Crippen LogP contribution in [0.25, 0.3) is 0 Å². The summed E-state index contributed by atoms with van der Waals surface area (Å²) in [5.41, 5.74) is 2.76. The van der Waals surface area contributed by atoms with E-state index in [1.165, 1.54) is 0 Å². The van der Waals surface area contributed by atoms with E-state index in [9.17, 15) is 9.59 Å². The van der Waals surface area contributed by atoms with Crippen molar-refractivity contribution in [2.75, 3.05) is 24.3 Å². The maximum absolute atomic E-state index is 12.3. The van der Waals surface area contributed by atoms with Crippen LogP contribution in [0, 0.1) is 11.8 Å². The Labute approximate surface area is 147 Å². The molecular formula is C19H22N4O2. The van der Waals surface area contributed by atoms with Crippen LogP contribution in [-0.4, -0.2) is 30.9 Å². The molecular weight excluding hydrogens is 316 g/mol. The minimum Gasteiger partial charge on any atom is -0.378 e. The van der Waals surface area contributed by atoms with Crippen LogP contribution in [0.5, 0.6) is 0 Å². The van der Waals surface area contributed by atoms with Gasteiger partial charge in [0.25, 0.3) is 0 Å². The Balaban J connectivity index is 1.47. The van der Waals surface area contributed by atoms with E-state index in [4.69, 9.17) is 0 Å². The van der Waals surface area contributed by atoms with E-state index < -0.39 is 0 Å². The molecule has 0 bridgehead atoms. The second kappa shape index (κ2) is 7.34. The zero-order valence-electron chi connectivity index (χ0n) is 14.4. The number of pyridine rings is 1. The molecule has 2 amide bonds. The lowest BCUT2D eigenvalue weighted by atomic mass is 10.2. The molecule has 25 heavy (non-hydrogen) atoms. The summed E-state index contributed by atoms with van der Waals surface area (Å²) < 4.78 is 0. The molecule has 0 spiro atoms. The highest BCUT2D eigenvalue weighted by Gasteiger charge is 2.47. The number of hydrogen-bond acceptors (Lipinski definition) is 4. The Morgan fingerprint density at radius 1 is 1.12 bits per heavy atom. The first-order valence-electron chi connectivity index (χ1n) is 8.29. The number of benzene rings is 1. The van der Waals surface area contributed by atoms with Gasteiger partial charge in [-0.05, 0) is 42.3 Å². The molecule has 1 saturated carbocycles. The summed E-state index contributed by atoms with van der Waals surface area (Å²) >= 11 is 0. The van der Waals surface area contributed by atoms with Crippen LogP contribution in [-0.2, 0) is 16.1 Å². The molecule has 2 unspecified atom stereocenters. The van der Waals surface area contributed by atoms with Crippen molar-refractivity contribution < 1.29 is 9.59 Å². The van der Waals surface area contributed by atoms with E-state index in [1.54, 1.807) is 12.4 Å². The first-order valence-corrected chi connectivity index (χ1v) is 8.29. The molecule has 2 aromatic rings. The van der Waals surface area contributed by atoms with Crippen LogP contribution < -0.4 is 15.5 Å². The lowest BCUT2D eigenvalue weighted by Crippen LogP contribution is -2.27. The molecule has 6 nitrogen and oxygen atoms in total. The third-order valence-corrected chi connectivity index (χ3v) is 4.30. The van der Waals surface area contributed by atoms with Gasteiger partial charge in [0.2, 0.25) is 11.8 Å². The lowest BCUT2D eigenvalue weighted by molar-refractivity contribution is -0.125. The Bertz CT molecular complexity index is 744. The lowest BCUT2D eigenvalue weighted by Gasteiger charge is -2.13. The van der Waals surface area contributed by atoms with E-state index in [2.05, 4.69) is 15.6 Å². The van der Waals surface area contributed by atoms with Crippen molar-refractivity contribution >= 4 is 23.2 Å². The summed E-state index contributed by atoms with van der Waals surface area (Å²) in [5, 5.41) is 5.75. The maximum Gasteiger partial charge on any atom is 0.228 e. The fraction of sp³-hybridized carbons (Fsp3) is 0.316. The van der Waals surface area contributed by atoms with Gasteiger partial charge in [-0.25, -0.2) is 0 Å². The number of aromatic nitrogens is 1. The molecule has 130 valence electrons. The van der Waals surface area contributed by atoms with Gasteiger partial charge >= 0.3 is 0 Å². The second-order valence-electron chi connectivity index (χ2n) is 6.46. The molecule has 1 aromatic carbocycles. The van der Waals surface area contributed by atoms with Gasteiger partial charge in [-0.1, -0.05) is 6.07 Å². The van der Waals surface area contributed by atoms with Gasteiger partial charge in [0, 0.05) is 44.4 Å². The Hall–Kier alpha value is -2.89. The van der Waals surface area contributed by atoms with Gasteiger partial charge in [0.05, 0.1) is 11.8 Å². The fourth-order valence-electron chi connectivity index (χ4n) is 2.68. The highest BCUT2D eigenvalue weighted by Crippen LogP contribution is 2.39. The molecule has 1 aliphatic rings. The predicted octanol–water partition coefficient (Wildman–Crippen LogP) is 2.04. The number of hydrogen-bond donors (Lipinski definition) is 2. The number of carbonyl (C=O) groups excluding carboxylic acids is 2. The minimum atomic E-state index is -0.248. The maximum atomic E-state index is 12.3. The summed E-state index contributed by atoms with van der Waals surface area (Å²) in [6.45, 7) is 0.434. The second-order valence-corrected chi connectivity index (χ2v) is 6.46. The SMILES string of the molecule is CN(C)c1ccc(NC(=O)C2CC2C(=O)NCc2cccnc2)cc1. The molecule has 1 fully saturated rings. The van der Waals surface area contributed by atoms with E-state index >= 15 is 0 Å². The quantitative estimate of drug-likeness (QED) is 0.845. The zero-order valence-corrected chi connectivity index (χ0v) is 14.4. The van der Waals surface area contributed by atoms with Crippen molar-refractivity contribution in [2.24, 2.45) is 11.8 Å². The van der Waals surface area contributed by atoms with Gasteiger partial charge in [-0.3, -0.25) is 14.6 Å². The molecule has 1 heterocycles. The number of rotatable bonds is 6. The highest BCUT2D eigenvalue weighted by atomic mass is 16.2. The monoisotopic (exact) mass is 338 g/mol. The number of nitrogens with one attached hydrogen (secondary N) is 2. The van der Waals surface area contributed by atoms with Crippen LogP contribution in [0.2, 0.25) is 0 Å². The standard InChI is InChI=1S/C19H22N4O2/c1-23(2)15-7-5-14(6-8-15)22-19(25)17-10-16(17)18(24)21-12-13-4-3-9-20-11-13/h3-9,11,16-17H,10,12H2,1-2H3,(H,21,24)(H,22,25). The van der Waals surface area contributed by atoms with Crippen molar-refractivity contribution in [1.82, 2.24) is 10.3 Å². The molecule has 0 radical (unpaired) electrons. The normalized spacial score (nSPS) is 18.3. The van der Waals surface area contributed by atoms with Crippen molar-refractivity contribution in [3.63, 3.8) is 0 Å². The first-order chi connectivity index (χ1) is 12.0. The third kappa shape index (κ3) is 4.35. The van der Waals surface area contributed by atoms with Crippen LogP contribution in [0.15, 0.2) is 48.8 Å².